The second-order valence-electron chi connectivity index (χ2n) is 9.50. The Hall–Kier alpha value is -3.36. The Kier molecular flexibility index (Phi) is 10.5. The van der Waals surface area contributed by atoms with Gasteiger partial charge in [0.15, 0.2) is 0 Å². The van der Waals surface area contributed by atoms with Crippen molar-refractivity contribution in [3.8, 4) is 0 Å². The Morgan fingerprint density at radius 2 is 1.51 bits per heavy atom. The van der Waals surface area contributed by atoms with Crippen molar-refractivity contribution >= 4 is 39.1 Å². The fraction of sp³-hybridized carbons (Fsp3) is 0.333. The van der Waals surface area contributed by atoms with Gasteiger partial charge in [-0.3, -0.25) is 13.9 Å². The monoisotopic (exact) mass is 569 g/mol. The summed E-state index contributed by atoms with van der Waals surface area (Å²) in [7, 11) is -4.09. The lowest BCUT2D eigenvalue weighted by molar-refractivity contribution is -0.140. The molecule has 3 rings (SSSR count). The van der Waals surface area contributed by atoms with Gasteiger partial charge in [0.25, 0.3) is 10.0 Å². The van der Waals surface area contributed by atoms with Crippen molar-refractivity contribution in [3.63, 3.8) is 0 Å². The maximum atomic E-state index is 14.1. The molecule has 0 aliphatic carbocycles. The Balaban J connectivity index is 2.05. The highest BCUT2D eigenvalue weighted by atomic mass is 35.5. The van der Waals surface area contributed by atoms with Crippen LogP contribution in [0.4, 0.5) is 5.69 Å². The Bertz CT molecular complexity index is 1360. The number of amides is 2. The molecule has 0 heterocycles. The first-order valence-corrected chi connectivity index (χ1v) is 14.9. The normalized spacial score (nSPS) is 12.8. The molecular formula is C30H36ClN3O4S. The van der Waals surface area contributed by atoms with E-state index in [2.05, 4.69) is 5.32 Å². The molecule has 7 nitrogen and oxygen atoms in total. The Labute approximate surface area is 236 Å². The average Bonchev–Trinajstić information content (AvgIpc) is 2.93. The molecule has 0 spiro atoms. The molecule has 208 valence electrons. The number of hydrogen-bond donors (Lipinski definition) is 1. The molecule has 2 atom stereocenters. The topological polar surface area (TPSA) is 86.8 Å². The van der Waals surface area contributed by atoms with Gasteiger partial charge in [0.05, 0.1) is 10.6 Å². The Morgan fingerprint density at radius 3 is 2.10 bits per heavy atom. The number of para-hydroxylation sites is 1. The van der Waals surface area contributed by atoms with Gasteiger partial charge < -0.3 is 10.2 Å². The molecule has 0 fully saturated rings. The van der Waals surface area contributed by atoms with Gasteiger partial charge in [-0.05, 0) is 68.1 Å². The van der Waals surface area contributed by atoms with Crippen LogP contribution in [0.2, 0.25) is 5.02 Å². The van der Waals surface area contributed by atoms with Crippen molar-refractivity contribution < 1.29 is 18.0 Å². The maximum absolute atomic E-state index is 14.1. The molecule has 0 radical (unpaired) electrons. The predicted molar refractivity (Wildman–Crippen MR) is 156 cm³/mol. The molecule has 39 heavy (non-hydrogen) atoms. The summed E-state index contributed by atoms with van der Waals surface area (Å²) in [6, 6.07) is 21.2. The summed E-state index contributed by atoms with van der Waals surface area (Å²) < 4.78 is 28.8. The van der Waals surface area contributed by atoms with E-state index in [0.717, 1.165) is 16.3 Å². The SMILES string of the molecule is CC[C@H](C(=O)N[C@@H](C)CC)N(Cc1ccc(Cl)cc1)C(=O)CN(c1ccccc1C)S(=O)(=O)c1ccccc1. The van der Waals surface area contributed by atoms with E-state index in [-0.39, 0.29) is 23.4 Å². The lowest BCUT2D eigenvalue weighted by Gasteiger charge is -2.34. The first-order chi connectivity index (χ1) is 18.6. The van der Waals surface area contributed by atoms with Crippen molar-refractivity contribution in [2.75, 3.05) is 10.8 Å². The predicted octanol–water partition coefficient (Wildman–Crippen LogP) is 5.57. The number of nitrogens with one attached hydrogen (secondary N) is 1. The minimum atomic E-state index is -4.09. The van der Waals surface area contributed by atoms with Crippen molar-refractivity contribution in [1.29, 1.82) is 0 Å². The fourth-order valence-electron chi connectivity index (χ4n) is 4.22. The molecule has 0 bridgehead atoms. The summed E-state index contributed by atoms with van der Waals surface area (Å²) in [6.45, 7) is 7.16. The zero-order valence-electron chi connectivity index (χ0n) is 22.8. The van der Waals surface area contributed by atoms with Gasteiger partial charge in [0.2, 0.25) is 11.8 Å². The van der Waals surface area contributed by atoms with Crippen LogP contribution in [-0.2, 0) is 26.2 Å². The largest absolute Gasteiger partial charge is 0.352 e. The van der Waals surface area contributed by atoms with Gasteiger partial charge in [-0.15, -0.1) is 0 Å². The number of carbonyl (C=O) groups is 2. The summed E-state index contributed by atoms with van der Waals surface area (Å²) in [5, 5.41) is 3.53. The van der Waals surface area contributed by atoms with Gasteiger partial charge >= 0.3 is 0 Å². The van der Waals surface area contributed by atoms with Gasteiger partial charge in [-0.2, -0.15) is 0 Å². The van der Waals surface area contributed by atoms with E-state index in [4.69, 9.17) is 11.6 Å². The lowest BCUT2D eigenvalue weighted by Crippen LogP contribution is -2.53. The van der Waals surface area contributed by atoms with Gasteiger partial charge in [0, 0.05) is 17.6 Å². The van der Waals surface area contributed by atoms with Crippen LogP contribution in [0.15, 0.2) is 83.8 Å². The quantitative estimate of drug-likeness (QED) is 0.309. The van der Waals surface area contributed by atoms with E-state index in [0.29, 0.717) is 22.7 Å². The van der Waals surface area contributed by atoms with Gasteiger partial charge in [-0.25, -0.2) is 8.42 Å². The number of aryl methyl sites for hydroxylation is 1. The number of hydrogen-bond acceptors (Lipinski definition) is 4. The standard InChI is InChI=1S/C30H36ClN3O4S/c1-5-23(4)32-30(36)27(6-2)33(20-24-16-18-25(31)19-17-24)29(35)21-34(28-15-11-10-12-22(28)3)39(37,38)26-13-8-7-9-14-26/h7-19,23,27H,5-6,20-21H2,1-4H3,(H,32,36)/t23-,27+/m0/s1. The third-order valence-corrected chi connectivity index (χ3v) is 8.67. The van der Waals surface area contributed by atoms with Crippen LogP contribution in [0.5, 0.6) is 0 Å². The summed E-state index contributed by atoms with van der Waals surface area (Å²) >= 11 is 6.07. The van der Waals surface area contributed by atoms with E-state index in [1.54, 1.807) is 67.6 Å². The maximum Gasteiger partial charge on any atom is 0.264 e. The van der Waals surface area contributed by atoms with Crippen molar-refractivity contribution in [2.45, 2.75) is 64.1 Å². The van der Waals surface area contributed by atoms with E-state index >= 15 is 0 Å². The van der Waals surface area contributed by atoms with Crippen molar-refractivity contribution in [2.24, 2.45) is 0 Å². The zero-order valence-corrected chi connectivity index (χ0v) is 24.4. The number of halogens is 1. The van der Waals surface area contributed by atoms with Crippen molar-refractivity contribution in [3.05, 3.63) is 95.0 Å². The molecule has 0 aromatic heterocycles. The van der Waals surface area contributed by atoms with E-state index in [9.17, 15) is 18.0 Å². The third-order valence-electron chi connectivity index (χ3n) is 6.65. The summed E-state index contributed by atoms with van der Waals surface area (Å²) in [5.41, 5.74) is 1.88. The van der Waals surface area contributed by atoms with Crippen LogP contribution >= 0.6 is 11.6 Å². The molecule has 0 unspecified atom stereocenters. The lowest BCUT2D eigenvalue weighted by atomic mass is 10.1. The highest BCUT2D eigenvalue weighted by molar-refractivity contribution is 7.92. The van der Waals surface area contributed by atoms with Gasteiger partial charge in [-0.1, -0.05) is 74.0 Å². The molecule has 2 amide bonds. The molecule has 0 aliphatic heterocycles. The van der Waals surface area contributed by atoms with Crippen LogP contribution < -0.4 is 9.62 Å². The second kappa shape index (κ2) is 13.6. The molecule has 1 N–H and O–H groups in total. The number of benzene rings is 3. The summed E-state index contributed by atoms with van der Waals surface area (Å²) in [6.07, 6.45) is 1.10. The van der Waals surface area contributed by atoms with E-state index < -0.39 is 28.5 Å². The minimum Gasteiger partial charge on any atom is -0.352 e. The van der Waals surface area contributed by atoms with Gasteiger partial charge in [0.1, 0.15) is 12.6 Å². The first-order valence-electron chi connectivity index (χ1n) is 13.1. The van der Waals surface area contributed by atoms with E-state index in [1.807, 2.05) is 26.8 Å². The minimum absolute atomic E-state index is 0.0686. The fourth-order valence-corrected chi connectivity index (χ4v) is 5.85. The van der Waals surface area contributed by atoms with Crippen LogP contribution in [0.1, 0.15) is 44.7 Å². The summed E-state index contributed by atoms with van der Waals surface area (Å²) in [4.78, 5) is 28.9. The van der Waals surface area contributed by atoms with Crippen LogP contribution in [-0.4, -0.2) is 43.8 Å². The third kappa shape index (κ3) is 7.61. The first kappa shape index (κ1) is 30.2. The van der Waals surface area contributed by atoms with Crippen LogP contribution in [0.3, 0.4) is 0 Å². The molecule has 0 saturated carbocycles. The number of anilines is 1. The van der Waals surface area contributed by atoms with Crippen LogP contribution in [0.25, 0.3) is 0 Å². The second-order valence-corrected chi connectivity index (χ2v) is 11.8. The highest BCUT2D eigenvalue weighted by Gasteiger charge is 2.34. The zero-order chi connectivity index (χ0) is 28.6. The highest BCUT2D eigenvalue weighted by Crippen LogP contribution is 2.27. The molecular weight excluding hydrogens is 534 g/mol. The van der Waals surface area contributed by atoms with E-state index in [1.165, 1.54) is 17.0 Å². The molecule has 0 aliphatic rings. The average molecular weight is 570 g/mol. The smallest absolute Gasteiger partial charge is 0.264 e. The number of sulfonamides is 1. The number of carbonyl (C=O) groups excluding carboxylic acids is 2. The van der Waals surface area contributed by atoms with Crippen molar-refractivity contribution in [1.82, 2.24) is 10.2 Å². The Morgan fingerprint density at radius 1 is 0.897 bits per heavy atom. The molecule has 9 heteroatoms. The van der Waals surface area contributed by atoms with Crippen LogP contribution in [0, 0.1) is 6.92 Å². The molecule has 3 aromatic carbocycles. The molecule has 0 saturated heterocycles. The number of nitrogens with zero attached hydrogens (tertiary/aromatic N) is 2. The summed E-state index contributed by atoms with van der Waals surface area (Å²) in [5.74, 6) is -0.763. The molecule has 3 aromatic rings. The number of rotatable bonds is 12.